The number of nitrogens with one attached hydrogen (secondary N) is 2. The van der Waals surface area contributed by atoms with Crippen LogP contribution in [-0.2, 0) is 23.4 Å². The third-order valence-electron chi connectivity index (χ3n) is 6.42. The summed E-state index contributed by atoms with van der Waals surface area (Å²) in [6, 6.07) is 13.3. The predicted octanol–water partition coefficient (Wildman–Crippen LogP) is 3.70. The number of hydrogen-bond acceptors (Lipinski definition) is 7. The second-order valence-electron chi connectivity index (χ2n) is 9.12. The van der Waals surface area contributed by atoms with E-state index in [1.165, 1.54) is 12.1 Å². The van der Waals surface area contributed by atoms with Crippen molar-refractivity contribution < 1.29 is 23.9 Å². The molecule has 192 valence electrons. The van der Waals surface area contributed by atoms with Gasteiger partial charge in [0.2, 0.25) is 0 Å². The van der Waals surface area contributed by atoms with Crippen LogP contribution in [0.1, 0.15) is 68.7 Å². The van der Waals surface area contributed by atoms with Crippen molar-refractivity contribution in [2.24, 2.45) is 0 Å². The number of amides is 3. The van der Waals surface area contributed by atoms with Crippen molar-refractivity contribution in [1.29, 1.82) is 0 Å². The molecule has 0 radical (unpaired) electrons. The maximum atomic E-state index is 13.5. The molecule has 0 spiro atoms. The molecular weight excluding hydrogens is 498 g/mol. The summed E-state index contributed by atoms with van der Waals surface area (Å²) >= 11 is 0. The van der Waals surface area contributed by atoms with E-state index < -0.39 is 29.4 Å². The van der Waals surface area contributed by atoms with E-state index in [0.29, 0.717) is 23.4 Å². The number of carbonyl (C=O) groups is 4. The molecule has 3 heterocycles. The Morgan fingerprint density at radius 3 is 2.46 bits per heavy atom. The fourth-order valence-corrected chi connectivity index (χ4v) is 4.56. The molecule has 0 unspecified atom stereocenters. The summed E-state index contributed by atoms with van der Waals surface area (Å²) in [6.45, 7) is 6.19. The Hall–Kier alpha value is -4.02. The van der Waals surface area contributed by atoms with E-state index in [0.717, 1.165) is 15.1 Å². The molecule has 2 N–H and O–H groups in total. The summed E-state index contributed by atoms with van der Waals surface area (Å²) in [5, 5.41) is 10.5. The highest BCUT2D eigenvalue weighted by Crippen LogP contribution is 2.35. The highest BCUT2D eigenvalue weighted by atomic mass is 35.5. The van der Waals surface area contributed by atoms with Crippen LogP contribution >= 0.6 is 12.4 Å². The van der Waals surface area contributed by atoms with Crippen LogP contribution in [0, 0.1) is 0 Å². The van der Waals surface area contributed by atoms with Gasteiger partial charge in [-0.3, -0.25) is 19.3 Å². The molecule has 11 heteroatoms. The quantitative estimate of drug-likeness (QED) is 0.500. The first-order chi connectivity index (χ1) is 17.2. The topological polar surface area (TPSA) is 123 Å². The Morgan fingerprint density at radius 2 is 1.76 bits per heavy atom. The van der Waals surface area contributed by atoms with Gasteiger partial charge in [-0.15, -0.1) is 17.1 Å². The zero-order valence-corrected chi connectivity index (χ0v) is 21.3. The summed E-state index contributed by atoms with van der Waals surface area (Å²) in [5.74, 6) is -1.41. The minimum atomic E-state index is -0.720. The molecule has 0 bridgehead atoms. The van der Waals surface area contributed by atoms with Crippen LogP contribution in [0.15, 0.2) is 48.5 Å². The lowest BCUT2D eigenvalue weighted by atomic mass is 10.0. The van der Waals surface area contributed by atoms with Crippen molar-refractivity contribution in [2.45, 2.75) is 39.4 Å². The molecule has 0 fully saturated rings. The third-order valence-corrected chi connectivity index (χ3v) is 6.42. The lowest BCUT2D eigenvalue weighted by Crippen LogP contribution is -2.33. The van der Waals surface area contributed by atoms with E-state index in [1.807, 2.05) is 19.9 Å². The average Bonchev–Trinajstić information content (AvgIpc) is 3.50. The summed E-state index contributed by atoms with van der Waals surface area (Å²) in [4.78, 5) is 53.5. The van der Waals surface area contributed by atoms with Crippen LogP contribution in [0.2, 0.25) is 0 Å². The van der Waals surface area contributed by atoms with E-state index in [9.17, 15) is 19.2 Å². The lowest BCUT2D eigenvalue weighted by Gasteiger charge is -2.17. The van der Waals surface area contributed by atoms with Gasteiger partial charge in [0.05, 0.1) is 35.5 Å². The van der Waals surface area contributed by atoms with Crippen LogP contribution in [0.4, 0.5) is 10.6 Å². The molecule has 37 heavy (non-hydrogen) atoms. The van der Waals surface area contributed by atoms with E-state index >= 15 is 0 Å². The summed E-state index contributed by atoms with van der Waals surface area (Å²) in [5.41, 5.74) is 2.14. The fourth-order valence-electron chi connectivity index (χ4n) is 4.56. The SMILES string of the molecule is CCOC(=O)n1nc2c(c1NC(=O)c1ccccc1C(=O)N1Cc3ccccc3C1=O)CNC2(C)C.Cl. The van der Waals surface area contributed by atoms with E-state index in [2.05, 4.69) is 15.7 Å². The zero-order chi connectivity index (χ0) is 25.6. The van der Waals surface area contributed by atoms with Gasteiger partial charge in [0.15, 0.2) is 0 Å². The second kappa shape index (κ2) is 9.79. The van der Waals surface area contributed by atoms with Gasteiger partial charge in [-0.05, 0) is 44.5 Å². The van der Waals surface area contributed by atoms with Crippen LogP contribution in [0.3, 0.4) is 0 Å². The number of imide groups is 1. The largest absolute Gasteiger partial charge is 0.448 e. The first-order valence-electron chi connectivity index (χ1n) is 11.6. The van der Waals surface area contributed by atoms with Gasteiger partial charge in [0.25, 0.3) is 17.7 Å². The maximum absolute atomic E-state index is 13.5. The molecule has 2 aliphatic heterocycles. The van der Waals surface area contributed by atoms with Crippen LogP contribution in [-0.4, -0.2) is 45.1 Å². The molecule has 0 saturated heterocycles. The number of nitrogens with zero attached hydrogens (tertiary/aromatic N) is 3. The Kier molecular flexibility index (Phi) is 6.90. The van der Waals surface area contributed by atoms with Crippen molar-refractivity contribution in [3.8, 4) is 0 Å². The van der Waals surface area contributed by atoms with Crippen molar-refractivity contribution in [3.05, 3.63) is 82.0 Å². The van der Waals surface area contributed by atoms with Crippen LogP contribution in [0.5, 0.6) is 0 Å². The molecule has 0 saturated carbocycles. The van der Waals surface area contributed by atoms with Gasteiger partial charge in [-0.1, -0.05) is 30.3 Å². The van der Waals surface area contributed by atoms with Gasteiger partial charge in [-0.25, -0.2) is 4.79 Å². The molecule has 3 aromatic rings. The first kappa shape index (κ1) is 26.1. The Morgan fingerprint density at radius 1 is 1.08 bits per heavy atom. The summed E-state index contributed by atoms with van der Waals surface area (Å²) in [7, 11) is 0. The number of halogens is 1. The van der Waals surface area contributed by atoms with E-state index in [-0.39, 0.29) is 42.5 Å². The molecule has 10 nitrogen and oxygen atoms in total. The van der Waals surface area contributed by atoms with Crippen molar-refractivity contribution >= 4 is 42.0 Å². The maximum Gasteiger partial charge on any atom is 0.436 e. The Balaban J connectivity index is 0.00000320. The third kappa shape index (κ3) is 4.38. The minimum absolute atomic E-state index is 0. The molecule has 1 aromatic heterocycles. The number of hydrogen-bond donors (Lipinski definition) is 2. The first-order valence-corrected chi connectivity index (χ1v) is 11.6. The fraction of sp³-hybridized carbons (Fsp3) is 0.269. The molecule has 5 rings (SSSR count). The number of fused-ring (bicyclic) bond motifs is 2. The van der Waals surface area contributed by atoms with Crippen molar-refractivity contribution in [2.75, 3.05) is 11.9 Å². The van der Waals surface area contributed by atoms with Crippen LogP contribution < -0.4 is 10.6 Å². The van der Waals surface area contributed by atoms with Gasteiger partial charge >= 0.3 is 6.09 Å². The minimum Gasteiger partial charge on any atom is -0.448 e. The predicted molar refractivity (Wildman–Crippen MR) is 137 cm³/mol. The normalized spacial score (nSPS) is 15.0. The smallest absolute Gasteiger partial charge is 0.436 e. The number of carbonyl (C=O) groups excluding carboxylic acids is 4. The highest BCUT2D eigenvalue weighted by molar-refractivity contribution is 6.18. The number of aromatic nitrogens is 2. The summed E-state index contributed by atoms with van der Waals surface area (Å²) < 4.78 is 6.17. The zero-order valence-electron chi connectivity index (χ0n) is 20.5. The monoisotopic (exact) mass is 523 g/mol. The Labute approximate surface area is 219 Å². The second-order valence-corrected chi connectivity index (χ2v) is 9.12. The van der Waals surface area contributed by atoms with Crippen molar-refractivity contribution in [1.82, 2.24) is 20.0 Å². The van der Waals surface area contributed by atoms with Gasteiger partial charge in [0.1, 0.15) is 5.82 Å². The molecule has 0 aliphatic carbocycles. The average molecular weight is 524 g/mol. The number of benzene rings is 2. The molecular formula is C26H26ClN5O5. The highest BCUT2D eigenvalue weighted by Gasteiger charge is 2.38. The molecule has 2 aliphatic rings. The molecule has 0 atom stereocenters. The standard InChI is InChI=1S/C26H25N5O5.ClH/c1-4-36-25(35)31-21(19-13-27-26(2,3)20(19)29-31)28-22(32)17-11-7-8-12-18(17)24(34)30-14-15-9-5-6-10-16(15)23(30)33;/h5-12,27H,4,13-14H2,1-3H3,(H,28,32);1H. The van der Waals surface area contributed by atoms with Crippen molar-refractivity contribution in [3.63, 3.8) is 0 Å². The number of rotatable bonds is 4. The lowest BCUT2D eigenvalue weighted by molar-refractivity contribution is 0.0628. The van der Waals surface area contributed by atoms with Crippen LogP contribution in [0.25, 0.3) is 0 Å². The molecule has 3 amide bonds. The van der Waals surface area contributed by atoms with Gasteiger partial charge in [-0.2, -0.15) is 5.10 Å². The number of anilines is 1. The number of ether oxygens (including phenoxy) is 1. The van der Waals surface area contributed by atoms with Gasteiger partial charge in [0, 0.05) is 17.7 Å². The van der Waals surface area contributed by atoms with Gasteiger partial charge < -0.3 is 15.4 Å². The van der Waals surface area contributed by atoms with E-state index in [1.54, 1.807) is 37.3 Å². The van der Waals surface area contributed by atoms with E-state index in [4.69, 9.17) is 4.74 Å². The Bertz CT molecular complexity index is 1430. The summed E-state index contributed by atoms with van der Waals surface area (Å²) in [6.07, 6.45) is -0.720. The molecule has 2 aromatic carbocycles.